The molecule has 3 rings (SSSR count). The van der Waals surface area contributed by atoms with Gasteiger partial charge in [-0.3, -0.25) is 4.79 Å². The molecule has 2 aromatic rings. The van der Waals surface area contributed by atoms with Gasteiger partial charge in [-0.2, -0.15) is 22.0 Å². The van der Waals surface area contributed by atoms with Crippen LogP contribution in [-0.2, 0) is 14.3 Å². The highest BCUT2D eigenvalue weighted by Crippen LogP contribution is 2.54. The molecule has 1 aliphatic heterocycles. The zero-order valence-corrected chi connectivity index (χ0v) is 20.8. The third kappa shape index (κ3) is 5.45. The Balaban J connectivity index is 0.000000266. The lowest BCUT2D eigenvalue weighted by molar-refractivity contribution is -0.409. The number of halogens is 5. The molecule has 4 nitrogen and oxygen atoms in total. The van der Waals surface area contributed by atoms with E-state index >= 15 is 0 Å². The molecule has 0 saturated carbocycles. The van der Waals surface area contributed by atoms with Gasteiger partial charge in [0.15, 0.2) is 0 Å². The number of aliphatic hydroxyl groups is 1. The molecule has 0 spiro atoms. The summed E-state index contributed by atoms with van der Waals surface area (Å²) in [5.74, 6) is -9.97. The standard InChI is InChI=1S/C14H16.C12H17F5O4/c1-3-11(2)13-9-8-12-6-4-5-7-14(12)10-13;1-5-8(2,3)7(18)21-9(4)6-20-11(19,10(9,13)14)12(15,16)17/h4-11H,3H2,1-2H3;19H,5-6H2,1-4H3. The van der Waals surface area contributed by atoms with E-state index in [0.717, 1.165) is 0 Å². The van der Waals surface area contributed by atoms with Crippen LogP contribution in [0.3, 0.4) is 0 Å². The second-order valence-corrected chi connectivity index (χ2v) is 9.78. The predicted molar refractivity (Wildman–Crippen MR) is 123 cm³/mol. The maximum absolute atomic E-state index is 14.0. The zero-order valence-electron chi connectivity index (χ0n) is 20.8. The lowest BCUT2D eigenvalue weighted by atomic mass is 9.89. The van der Waals surface area contributed by atoms with Crippen LogP contribution in [0.4, 0.5) is 22.0 Å². The minimum absolute atomic E-state index is 0.234. The number of esters is 1. The smallest absolute Gasteiger partial charge is 0.449 e. The van der Waals surface area contributed by atoms with Crippen molar-refractivity contribution in [1.82, 2.24) is 0 Å². The first-order chi connectivity index (χ1) is 16.0. The van der Waals surface area contributed by atoms with Gasteiger partial charge in [0.05, 0.1) is 12.0 Å². The number of rotatable bonds is 5. The van der Waals surface area contributed by atoms with Crippen LogP contribution in [0.15, 0.2) is 42.5 Å². The third-order valence-electron chi connectivity index (χ3n) is 6.74. The quantitative estimate of drug-likeness (QED) is 0.352. The van der Waals surface area contributed by atoms with E-state index in [2.05, 4.69) is 65.8 Å². The number of fused-ring (bicyclic) bond motifs is 1. The summed E-state index contributed by atoms with van der Waals surface area (Å²) in [5.41, 5.74) is -2.62. The molecular weight excluding hydrogens is 471 g/mol. The maximum atomic E-state index is 14.0. The molecule has 35 heavy (non-hydrogen) atoms. The lowest BCUT2D eigenvalue weighted by Crippen LogP contribution is -2.63. The molecule has 196 valence electrons. The van der Waals surface area contributed by atoms with Crippen LogP contribution in [0.1, 0.15) is 65.9 Å². The summed E-state index contributed by atoms with van der Waals surface area (Å²) in [7, 11) is 0. The van der Waals surface area contributed by atoms with Gasteiger partial charge in [0.25, 0.3) is 0 Å². The van der Waals surface area contributed by atoms with E-state index < -0.39 is 41.5 Å². The van der Waals surface area contributed by atoms with Gasteiger partial charge in [0, 0.05) is 0 Å². The molecule has 0 radical (unpaired) electrons. The first-order valence-corrected chi connectivity index (χ1v) is 11.5. The Morgan fingerprint density at radius 3 is 2.17 bits per heavy atom. The second-order valence-electron chi connectivity index (χ2n) is 9.78. The van der Waals surface area contributed by atoms with Crippen LogP contribution < -0.4 is 0 Å². The third-order valence-corrected chi connectivity index (χ3v) is 6.74. The predicted octanol–water partition coefficient (Wildman–Crippen LogP) is 6.99. The van der Waals surface area contributed by atoms with Crippen LogP contribution in [0, 0.1) is 5.41 Å². The number of hydrogen-bond acceptors (Lipinski definition) is 4. The van der Waals surface area contributed by atoms with Gasteiger partial charge in [-0.1, -0.05) is 63.2 Å². The monoisotopic (exact) mass is 504 g/mol. The van der Waals surface area contributed by atoms with Crippen molar-refractivity contribution >= 4 is 16.7 Å². The van der Waals surface area contributed by atoms with E-state index in [1.54, 1.807) is 6.92 Å². The van der Waals surface area contributed by atoms with E-state index in [4.69, 9.17) is 0 Å². The van der Waals surface area contributed by atoms with E-state index in [0.29, 0.717) is 12.8 Å². The number of carbonyl (C=O) groups is 1. The Hall–Kier alpha value is -2.26. The average Bonchev–Trinajstić information content (AvgIpc) is 2.99. The first-order valence-electron chi connectivity index (χ1n) is 11.5. The summed E-state index contributed by atoms with van der Waals surface area (Å²) in [6, 6.07) is 15.3. The molecule has 0 amide bonds. The highest BCUT2D eigenvalue weighted by atomic mass is 19.4. The fourth-order valence-corrected chi connectivity index (χ4v) is 3.37. The molecule has 2 aromatic carbocycles. The Morgan fingerprint density at radius 2 is 1.69 bits per heavy atom. The van der Waals surface area contributed by atoms with Crippen LogP contribution >= 0.6 is 0 Å². The van der Waals surface area contributed by atoms with Crippen molar-refractivity contribution in [2.24, 2.45) is 5.41 Å². The van der Waals surface area contributed by atoms with Gasteiger partial charge in [-0.25, -0.2) is 0 Å². The normalized spacial score (nSPS) is 25.0. The van der Waals surface area contributed by atoms with Crippen molar-refractivity contribution in [3.63, 3.8) is 0 Å². The molecule has 1 heterocycles. The molecule has 1 fully saturated rings. The van der Waals surface area contributed by atoms with Crippen LogP contribution in [0.5, 0.6) is 0 Å². The molecule has 0 aliphatic carbocycles. The average molecular weight is 505 g/mol. The SMILES string of the molecule is CCC(C)(C)C(=O)OC1(C)COC(O)(C(F)(F)F)C1(F)F.CCC(C)c1ccc2ccccc2c1. The first kappa shape index (κ1) is 29.0. The van der Waals surface area contributed by atoms with Gasteiger partial charge in [-0.15, -0.1) is 0 Å². The molecule has 0 aromatic heterocycles. The van der Waals surface area contributed by atoms with Gasteiger partial charge in [0.1, 0.15) is 0 Å². The maximum Gasteiger partial charge on any atom is 0.449 e. The van der Waals surface area contributed by atoms with Crippen molar-refractivity contribution in [2.75, 3.05) is 6.61 Å². The van der Waals surface area contributed by atoms with Crippen LogP contribution in [0.25, 0.3) is 10.8 Å². The zero-order chi connectivity index (χ0) is 26.9. The fraction of sp³-hybridized carbons (Fsp3) is 0.577. The summed E-state index contributed by atoms with van der Waals surface area (Å²) in [5, 5.41) is 11.9. The van der Waals surface area contributed by atoms with E-state index in [1.165, 1.54) is 36.6 Å². The van der Waals surface area contributed by atoms with Crippen molar-refractivity contribution in [3.8, 4) is 0 Å². The van der Waals surface area contributed by atoms with Crippen molar-refractivity contribution in [2.45, 2.75) is 83.8 Å². The van der Waals surface area contributed by atoms with Crippen LogP contribution in [-0.4, -0.2) is 41.2 Å². The summed E-state index contributed by atoms with van der Waals surface area (Å²) in [6.45, 7) is 8.25. The Bertz CT molecular complexity index is 1040. The van der Waals surface area contributed by atoms with E-state index in [-0.39, 0.29) is 6.42 Å². The summed E-state index contributed by atoms with van der Waals surface area (Å²) < 4.78 is 74.4. The molecule has 0 bridgehead atoms. The fourth-order valence-electron chi connectivity index (χ4n) is 3.37. The summed E-state index contributed by atoms with van der Waals surface area (Å²) >= 11 is 0. The number of hydrogen-bond donors (Lipinski definition) is 1. The number of alkyl halides is 5. The van der Waals surface area contributed by atoms with Gasteiger partial charge >= 0.3 is 23.9 Å². The summed E-state index contributed by atoms with van der Waals surface area (Å²) in [4.78, 5) is 11.8. The van der Waals surface area contributed by atoms with Crippen molar-refractivity contribution in [1.29, 1.82) is 0 Å². The highest BCUT2D eigenvalue weighted by molar-refractivity contribution is 5.83. The second kappa shape index (κ2) is 10.0. The number of benzene rings is 2. The Morgan fingerprint density at radius 1 is 1.11 bits per heavy atom. The molecule has 3 unspecified atom stereocenters. The topological polar surface area (TPSA) is 55.8 Å². The largest absolute Gasteiger partial charge is 0.450 e. The molecular formula is C26H33F5O4. The Kier molecular flexibility index (Phi) is 8.29. The minimum Gasteiger partial charge on any atom is -0.450 e. The van der Waals surface area contributed by atoms with Crippen molar-refractivity contribution < 1.29 is 41.3 Å². The molecule has 1 aliphatic rings. The van der Waals surface area contributed by atoms with Gasteiger partial charge < -0.3 is 14.6 Å². The van der Waals surface area contributed by atoms with E-state index in [1.807, 2.05) is 0 Å². The van der Waals surface area contributed by atoms with Crippen molar-refractivity contribution in [3.05, 3.63) is 48.0 Å². The molecule has 1 N–H and O–H groups in total. The Labute approximate surface area is 202 Å². The summed E-state index contributed by atoms with van der Waals surface area (Å²) in [6.07, 6.45) is -4.29. The highest BCUT2D eigenvalue weighted by Gasteiger charge is 2.82. The molecule has 1 saturated heterocycles. The molecule has 3 atom stereocenters. The van der Waals surface area contributed by atoms with Gasteiger partial charge in [0.2, 0.25) is 5.60 Å². The van der Waals surface area contributed by atoms with Crippen LogP contribution in [0.2, 0.25) is 0 Å². The lowest BCUT2D eigenvalue weighted by Gasteiger charge is -2.37. The minimum atomic E-state index is -5.74. The van der Waals surface area contributed by atoms with Gasteiger partial charge in [-0.05, 0) is 55.9 Å². The van der Waals surface area contributed by atoms with E-state index in [9.17, 15) is 31.9 Å². The number of ether oxygens (including phenoxy) is 2. The molecule has 9 heteroatoms. The number of carbonyl (C=O) groups excluding carboxylic acids is 1.